The smallest absolute Gasteiger partial charge is 0.0451 e. The number of aryl methyl sites for hydroxylation is 2. The van der Waals surface area contributed by atoms with E-state index < -0.39 is 0 Å². The standard InChI is InChI=1S/C18H30N2/c1-6-19-17(12-20-10-9-18(4,5)13-20)16-11-14(2)7-8-15(16)3/h7-8,11,17,19H,6,9-10,12-13H2,1-5H3. The minimum absolute atomic E-state index is 0.453. The van der Waals surface area contributed by atoms with Crippen LogP contribution in [0.15, 0.2) is 18.2 Å². The predicted octanol–water partition coefficient (Wildman–Crippen LogP) is 3.69. The normalized spacial score (nSPS) is 20.2. The van der Waals surface area contributed by atoms with Gasteiger partial charge in [-0.2, -0.15) is 0 Å². The van der Waals surface area contributed by atoms with Crippen LogP contribution in [0, 0.1) is 19.3 Å². The molecule has 2 nitrogen and oxygen atoms in total. The maximum absolute atomic E-state index is 3.68. The summed E-state index contributed by atoms with van der Waals surface area (Å²) in [6.45, 7) is 16.0. The molecule has 1 aliphatic rings. The highest BCUT2D eigenvalue weighted by Gasteiger charge is 2.30. The molecule has 1 aliphatic heterocycles. The van der Waals surface area contributed by atoms with Crippen molar-refractivity contribution in [3.63, 3.8) is 0 Å². The van der Waals surface area contributed by atoms with Gasteiger partial charge in [-0.1, -0.05) is 44.5 Å². The number of hydrogen-bond donors (Lipinski definition) is 1. The highest BCUT2D eigenvalue weighted by Crippen LogP contribution is 2.30. The molecule has 1 N–H and O–H groups in total. The minimum atomic E-state index is 0.453. The van der Waals surface area contributed by atoms with Crippen LogP contribution in [0.4, 0.5) is 0 Å². The van der Waals surface area contributed by atoms with Crippen molar-refractivity contribution in [3.05, 3.63) is 34.9 Å². The molecule has 1 aromatic rings. The van der Waals surface area contributed by atoms with E-state index in [1.54, 1.807) is 0 Å². The summed E-state index contributed by atoms with van der Waals surface area (Å²) in [7, 11) is 0. The quantitative estimate of drug-likeness (QED) is 0.881. The number of likely N-dealkylation sites (tertiary alicyclic amines) is 1. The molecule has 1 unspecified atom stereocenters. The summed E-state index contributed by atoms with van der Waals surface area (Å²) in [6.07, 6.45) is 1.32. The first-order valence-electron chi connectivity index (χ1n) is 7.94. The first-order valence-corrected chi connectivity index (χ1v) is 7.94. The van der Waals surface area contributed by atoms with Crippen LogP contribution >= 0.6 is 0 Å². The first-order chi connectivity index (χ1) is 9.41. The lowest BCUT2D eigenvalue weighted by molar-refractivity contribution is 0.261. The average molecular weight is 274 g/mol. The van der Waals surface area contributed by atoms with Crippen LogP contribution in [-0.2, 0) is 0 Å². The van der Waals surface area contributed by atoms with E-state index in [1.807, 2.05) is 0 Å². The molecule has 1 saturated heterocycles. The fourth-order valence-corrected chi connectivity index (χ4v) is 3.29. The molecule has 0 spiro atoms. The third kappa shape index (κ3) is 3.83. The van der Waals surface area contributed by atoms with Crippen molar-refractivity contribution in [2.45, 2.75) is 47.1 Å². The topological polar surface area (TPSA) is 15.3 Å². The summed E-state index contributed by atoms with van der Waals surface area (Å²) in [5.41, 5.74) is 4.71. The predicted molar refractivity (Wildman–Crippen MR) is 87.2 cm³/mol. The zero-order valence-corrected chi connectivity index (χ0v) is 13.8. The van der Waals surface area contributed by atoms with E-state index in [1.165, 1.54) is 36.2 Å². The van der Waals surface area contributed by atoms with E-state index >= 15 is 0 Å². The van der Waals surface area contributed by atoms with Crippen LogP contribution in [0.3, 0.4) is 0 Å². The summed E-state index contributed by atoms with van der Waals surface area (Å²) >= 11 is 0. The number of hydrogen-bond acceptors (Lipinski definition) is 2. The average Bonchev–Trinajstić information content (AvgIpc) is 2.71. The van der Waals surface area contributed by atoms with Crippen molar-refractivity contribution in [3.8, 4) is 0 Å². The molecule has 0 aliphatic carbocycles. The summed E-state index contributed by atoms with van der Waals surface area (Å²) < 4.78 is 0. The van der Waals surface area contributed by atoms with Gasteiger partial charge in [0.05, 0.1) is 0 Å². The molecule has 0 saturated carbocycles. The molecule has 1 fully saturated rings. The Kier molecular flexibility index (Phi) is 4.87. The van der Waals surface area contributed by atoms with E-state index in [9.17, 15) is 0 Å². The monoisotopic (exact) mass is 274 g/mol. The number of nitrogens with zero attached hydrogens (tertiary/aromatic N) is 1. The van der Waals surface area contributed by atoms with Crippen LogP contribution in [-0.4, -0.2) is 31.1 Å². The van der Waals surface area contributed by atoms with Gasteiger partial charge >= 0.3 is 0 Å². The van der Waals surface area contributed by atoms with Crippen LogP contribution in [0.5, 0.6) is 0 Å². The van der Waals surface area contributed by atoms with Gasteiger partial charge in [-0.05, 0) is 49.9 Å². The van der Waals surface area contributed by atoms with Gasteiger partial charge in [0.1, 0.15) is 0 Å². The van der Waals surface area contributed by atoms with Crippen molar-refractivity contribution < 1.29 is 0 Å². The Morgan fingerprint density at radius 1 is 1.30 bits per heavy atom. The highest BCUT2D eigenvalue weighted by molar-refractivity contribution is 5.33. The molecule has 1 heterocycles. The Bertz CT molecular complexity index is 451. The molecule has 0 amide bonds. The number of rotatable bonds is 5. The molecule has 20 heavy (non-hydrogen) atoms. The van der Waals surface area contributed by atoms with Crippen molar-refractivity contribution in [1.82, 2.24) is 10.2 Å². The van der Waals surface area contributed by atoms with Gasteiger partial charge in [0.25, 0.3) is 0 Å². The number of nitrogens with one attached hydrogen (secondary N) is 1. The van der Waals surface area contributed by atoms with Crippen LogP contribution in [0.25, 0.3) is 0 Å². The van der Waals surface area contributed by atoms with Crippen molar-refractivity contribution in [2.24, 2.45) is 5.41 Å². The Morgan fingerprint density at radius 2 is 2.05 bits per heavy atom. The van der Waals surface area contributed by atoms with Crippen LogP contribution in [0.2, 0.25) is 0 Å². The van der Waals surface area contributed by atoms with Gasteiger partial charge in [-0.15, -0.1) is 0 Å². The third-order valence-corrected chi connectivity index (χ3v) is 4.46. The van der Waals surface area contributed by atoms with Crippen LogP contribution in [0.1, 0.15) is 49.9 Å². The maximum atomic E-state index is 3.68. The van der Waals surface area contributed by atoms with Crippen molar-refractivity contribution in [1.29, 1.82) is 0 Å². The Labute approximate surface area is 124 Å². The second-order valence-corrected chi connectivity index (χ2v) is 7.12. The van der Waals surface area contributed by atoms with Gasteiger partial charge in [0.2, 0.25) is 0 Å². The molecule has 2 heteroatoms. The lowest BCUT2D eigenvalue weighted by Gasteiger charge is -2.27. The Morgan fingerprint density at radius 3 is 2.65 bits per heavy atom. The van der Waals surface area contributed by atoms with Gasteiger partial charge in [0.15, 0.2) is 0 Å². The molecule has 2 rings (SSSR count). The highest BCUT2D eigenvalue weighted by atomic mass is 15.2. The van der Waals surface area contributed by atoms with Crippen LogP contribution < -0.4 is 5.32 Å². The SMILES string of the molecule is CCNC(CN1CCC(C)(C)C1)c1cc(C)ccc1C. The minimum Gasteiger partial charge on any atom is -0.309 e. The van der Waals surface area contributed by atoms with Crippen molar-refractivity contribution in [2.75, 3.05) is 26.2 Å². The lowest BCUT2D eigenvalue weighted by atomic mass is 9.93. The van der Waals surface area contributed by atoms with Crippen molar-refractivity contribution >= 4 is 0 Å². The van der Waals surface area contributed by atoms with E-state index in [0.29, 0.717) is 11.5 Å². The molecule has 1 atom stereocenters. The zero-order chi connectivity index (χ0) is 14.8. The molecular formula is C18H30N2. The zero-order valence-electron chi connectivity index (χ0n) is 13.8. The fourth-order valence-electron chi connectivity index (χ4n) is 3.29. The third-order valence-electron chi connectivity index (χ3n) is 4.46. The number of likely N-dealkylation sites (N-methyl/N-ethyl adjacent to an activating group) is 1. The summed E-state index contributed by atoms with van der Waals surface area (Å²) in [5.74, 6) is 0. The summed E-state index contributed by atoms with van der Waals surface area (Å²) in [5, 5.41) is 3.68. The largest absolute Gasteiger partial charge is 0.309 e. The summed E-state index contributed by atoms with van der Waals surface area (Å²) in [6, 6.07) is 7.27. The van der Waals surface area contributed by atoms with Gasteiger partial charge in [-0.3, -0.25) is 0 Å². The van der Waals surface area contributed by atoms with E-state index in [2.05, 4.69) is 63.0 Å². The lowest BCUT2D eigenvalue weighted by Crippen LogP contribution is -2.35. The van der Waals surface area contributed by atoms with E-state index in [0.717, 1.165) is 13.1 Å². The number of benzene rings is 1. The van der Waals surface area contributed by atoms with Gasteiger partial charge in [0, 0.05) is 19.1 Å². The van der Waals surface area contributed by atoms with E-state index in [-0.39, 0.29) is 0 Å². The molecular weight excluding hydrogens is 244 g/mol. The molecule has 0 radical (unpaired) electrons. The molecule has 1 aromatic carbocycles. The maximum Gasteiger partial charge on any atom is 0.0451 e. The Hall–Kier alpha value is -0.860. The molecule has 112 valence electrons. The summed E-state index contributed by atoms with van der Waals surface area (Å²) in [4.78, 5) is 2.62. The van der Waals surface area contributed by atoms with Gasteiger partial charge in [-0.25, -0.2) is 0 Å². The molecule has 0 aromatic heterocycles. The second-order valence-electron chi connectivity index (χ2n) is 7.12. The Balaban J connectivity index is 2.13. The second kappa shape index (κ2) is 6.28. The molecule has 0 bridgehead atoms. The van der Waals surface area contributed by atoms with Gasteiger partial charge < -0.3 is 10.2 Å². The fraction of sp³-hybridized carbons (Fsp3) is 0.667. The first kappa shape index (κ1) is 15.5. The van der Waals surface area contributed by atoms with E-state index in [4.69, 9.17) is 0 Å².